The van der Waals surface area contributed by atoms with Gasteiger partial charge in [0.1, 0.15) is 0 Å². The Kier molecular flexibility index (Phi) is 3.96. The third-order valence-corrected chi connectivity index (χ3v) is 3.04. The van der Waals surface area contributed by atoms with E-state index in [0.29, 0.717) is 6.42 Å². The first-order chi connectivity index (χ1) is 7.75. The fraction of sp³-hybridized carbons (Fsp3) is 0.692. The van der Waals surface area contributed by atoms with Gasteiger partial charge in [0.05, 0.1) is 11.6 Å². The van der Waals surface area contributed by atoms with Crippen LogP contribution in [0.1, 0.15) is 39.1 Å². The molecule has 4 heteroatoms. The van der Waals surface area contributed by atoms with E-state index in [-0.39, 0.29) is 11.3 Å². The number of aryl methyl sites for hydroxylation is 2. The molecule has 0 saturated carbocycles. The van der Waals surface area contributed by atoms with E-state index in [2.05, 4.69) is 5.10 Å². The second-order valence-electron chi connectivity index (χ2n) is 5.55. The molecule has 1 aromatic rings. The molecule has 0 fully saturated rings. The van der Waals surface area contributed by atoms with Crippen LogP contribution in [0.4, 0.5) is 0 Å². The van der Waals surface area contributed by atoms with Crippen molar-refractivity contribution in [2.75, 3.05) is 0 Å². The zero-order chi connectivity index (χ0) is 13.2. The monoisotopic (exact) mass is 238 g/mol. The van der Waals surface area contributed by atoms with Gasteiger partial charge in [-0.05, 0) is 25.3 Å². The van der Waals surface area contributed by atoms with Gasteiger partial charge < -0.3 is 5.11 Å². The van der Waals surface area contributed by atoms with Crippen molar-refractivity contribution in [2.45, 2.75) is 47.6 Å². The number of hydrogen-bond acceptors (Lipinski definition) is 2. The standard InChI is InChI=1S/C13H22N2O2/c1-6-15-10(7-9(2)14-15)8-11(12(16)17)13(3,4)5/h7,11H,6,8H2,1-5H3,(H,16,17). The van der Waals surface area contributed by atoms with Crippen molar-refractivity contribution in [1.82, 2.24) is 9.78 Å². The van der Waals surface area contributed by atoms with Gasteiger partial charge in [-0.25, -0.2) is 0 Å². The number of aromatic nitrogens is 2. The summed E-state index contributed by atoms with van der Waals surface area (Å²) >= 11 is 0. The second-order valence-corrected chi connectivity index (χ2v) is 5.55. The Morgan fingerprint density at radius 3 is 2.53 bits per heavy atom. The van der Waals surface area contributed by atoms with Crippen LogP contribution in [0.5, 0.6) is 0 Å². The molecule has 0 bridgehead atoms. The van der Waals surface area contributed by atoms with Crippen molar-refractivity contribution in [3.05, 3.63) is 17.5 Å². The summed E-state index contributed by atoms with van der Waals surface area (Å²) in [6, 6.07) is 1.98. The highest BCUT2D eigenvalue weighted by Gasteiger charge is 2.32. The normalized spacial score (nSPS) is 13.7. The predicted molar refractivity (Wildman–Crippen MR) is 66.9 cm³/mol. The van der Waals surface area contributed by atoms with Gasteiger partial charge in [0.2, 0.25) is 0 Å². The number of carboxylic acid groups (broad SMARTS) is 1. The summed E-state index contributed by atoms with van der Waals surface area (Å²) in [5.41, 5.74) is 1.70. The topological polar surface area (TPSA) is 55.1 Å². The van der Waals surface area contributed by atoms with Crippen LogP contribution in [0.3, 0.4) is 0 Å². The molecule has 17 heavy (non-hydrogen) atoms. The first-order valence-electron chi connectivity index (χ1n) is 6.01. The summed E-state index contributed by atoms with van der Waals surface area (Å²) in [6.45, 7) is 10.6. The van der Waals surface area contributed by atoms with Crippen LogP contribution in [-0.4, -0.2) is 20.9 Å². The average molecular weight is 238 g/mol. The molecule has 1 aromatic heterocycles. The smallest absolute Gasteiger partial charge is 0.307 e. The maximum absolute atomic E-state index is 11.3. The molecule has 1 unspecified atom stereocenters. The molecule has 1 rings (SSSR count). The Bertz CT molecular complexity index is 402. The molecule has 0 aliphatic carbocycles. The average Bonchev–Trinajstić information content (AvgIpc) is 2.52. The van der Waals surface area contributed by atoms with Gasteiger partial charge in [0, 0.05) is 18.7 Å². The Balaban J connectivity index is 2.97. The predicted octanol–water partition coefficient (Wildman–Crippen LogP) is 2.50. The summed E-state index contributed by atoms with van der Waals surface area (Å²) in [6.07, 6.45) is 0.535. The van der Waals surface area contributed by atoms with Gasteiger partial charge in [0.15, 0.2) is 0 Å². The maximum atomic E-state index is 11.3. The third kappa shape index (κ3) is 3.32. The van der Waals surface area contributed by atoms with E-state index in [9.17, 15) is 9.90 Å². The minimum absolute atomic E-state index is 0.247. The van der Waals surface area contributed by atoms with E-state index in [1.807, 2.05) is 45.4 Å². The van der Waals surface area contributed by atoms with Crippen LogP contribution in [0.15, 0.2) is 6.07 Å². The molecule has 0 radical (unpaired) electrons. The van der Waals surface area contributed by atoms with E-state index < -0.39 is 5.97 Å². The summed E-state index contributed by atoms with van der Waals surface area (Å²) in [7, 11) is 0. The Morgan fingerprint density at radius 1 is 1.53 bits per heavy atom. The number of carboxylic acids is 1. The molecule has 0 aliphatic heterocycles. The van der Waals surface area contributed by atoms with Crippen molar-refractivity contribution >= 4 is 5.97 Å². The lowest BCUT2D eigenvalue weighted by Gasteiger charge is -2.27. The first kappa shape index (κ1) is 13.7. The van der Waals surface area contributed by atoms with E-state index in [1.165, 1.54) is 0 Å². The Hall–Kier alpha value is -1.32. The quantitative estimate of drug-likeness (QED) is 0.876. The van der Waals surface area contributed by atoms with Gasteiger partial charge in [0.25, 0.3) is 0 Å². The molecule has 0 aliphatic rings. The maximum Gasteiger partial charge on any atom is 0.307 e. The molecule has 1 heterocycles. The largest absolute Gasteiger partial charge is 0.481 e. The second kappa shape index (κ2) is 4.90. The minimum Gasteiger partial charge on any atom is -0.481 e. The molecular weight excluding hydrogens is 216 g/mol. The summed E-state index contributed by atoms with van der Waals surface area (Å²) in [5, 5.41) is 13.7. The fourth-order valence-electron chi connectivity index (χ4n) is 2.01. The Morgan fingerprint density at radius 2 is 2.12 bits per heavy atom. The van der Waals surface area contributed by atoms with Gasteiger partial charge in [-0.2, -0.15) is 5.10 Å². The van der Waals surface area contributed by atoms with E-state index >= 15 is 0 Å². The van der Waals surface area contributed by atoms with Crippen LogP contribution in [0, 0.1) is 18.3 Å². The van der Waals surface area contributed by atoms with Gasteiger partial charge in [-0.15, -0.1) is 0 Å². The summed E-state index contributed by atoms with van der Waals surface area (Å²) in [5.74, 6) is -1.12. The molecular formula is C13H22N2O2. The van der Waals surface area contributed by atoms with E-state index in [0.717, 1.165) is 17.9 Å². The highest BCUT2D eigenvalue weighted by molar-refractivity contribution is 5.71. The Labute approximate surface area is 103 Å². The number of rotatable bonds is 4. The lowest BCUT2D eigenvalue weighted by atomic mass is 9.78. The zero-order valence-corrected chi connectivity index (χ0v) is 11.3. The lowest BCUT2D eigenvalue weighted by Crippen LogP contribution is -2.31. The van der Waals surface area contributed by atoms with Crippen molar-refractivity contribution < 1.29 is 9.90 Å². The van der Waals surface area contributed by atoms with Crippen LogP contribution >= 0.6 is 0 Å². The van der Waals surface area contributed by atoms with Crippen molar-refractivity contribution in [3.8, 4) is 0 Å². The first-order valence-corrected chi connectivity index (χ1v) is 6.01. The molecule has 0 amide bonds. The van der Waals surface area contributed by atoms with E-state index in [1.54, 1.807) is 0 Å². The molecule has 0 aromatic carbocycles. The minimum atomic E-state index is -0.737. The number of carbonyl (C=O) groups is 1. The number of nitrogens with zero attached hydrogens (tertiary/aromatic N) is 2. The fourth-order valence-corrected chi connectivity index (χ4v) is 2.01. The highest BCUT2D eigenvalue weighted by Crippen LogP contribution is 2.29. The third-order valence-electron chi connectivity index (χ3n) is 3.04. The van der Waals surface area contributed by atoms with Crippen LogP contribution in [0.2, 0.25) is 0 Å². The van der Waals surface area contributed by atoms with Gasteiger partial charge in [-0.3, -0.25) is 9.48 Å². The van der Waals surface area contributed by atoms with E-state index in [4.69, 9.17) is 0 Å². The number of hydrogen-bond donors (Lipinski definition) is 1. The SMILES string of the molecule is CCn1nc(C)cc1CC(C(=O)O)C(C)(C)C. The van der Waals surface area contributed by atoms with Crippen LogP contribution in [0.25, 0.3) is 0 Å². The number of aliphatic carboxylic acids is 1. The molecule has 96 valence electrons. The van der Waals surface area contributed by atoms with Gasteiger partial charge >= 0.3 is 5.97 Å². The molecule has 1 N–H and O–H groups in total. The lowest BCUT2D eigenvalue weighted by molar-refractivity contribution is -0.145. The van der Waals surface area contributed by atoms with Gasteiger partial charge in [-0.1, -0.05) is 20.8 Å². The molecule has 0 spiro atoms. The van der Waals surface area contributed by atoms with Crippen molar-refractivity contribution in [2.24, 2.45) is 11.3 Å². The highest BCUT2D eigenvalue weighted by atomic mass is 16.4. The molecule has 4 nitrogen and oxygen atoms in total. The molecule has 0 saturated heterocycles. The van der Waals surface area contributed by atoms with Crippen molar-refractivity contribution in [1.29, 1.82) is 0 Å². The van der Waals surface area contributed by atoms with Crippen LogP contribution < -0.4 is 0 Å². The van der Waals surface area contributed by atoms with Crippen molar-refractivity contribution in [3.63, 3.8) is 0 Å². The summed E-state index contributed by atoms with van der Waals surface area (Å²) < 4.78 is 1.89. The summed E-state index contributed by atoms with van der Waals surface area (Å²) in [4.78, 5) is 11.3. The zero-order valence-electron chi connectivity index (χ0n) is 11.3. The molecule has 1 atom stereocenters. The van der Waals surface area contributed by atoms with Crippen LogP contribution in [-0.2, 0) is 17.8 Å².